The highest BCUT2D eigenvalue weighted by molar-refractivity contribution is 8.00. The maximum atomic E-state index is 13.4. The van der Waals surface area contributed by atoms with E-state index < -0.39 is 17.1 Å². The van der Waals surface area contributed by atoms with E-state index in [4.69, 9.17) is 4.74 Å². The molecular formula is C37H30FN3O4S. The van der Waals surface area contributed by atoms with E-state index in [0.29, 0.717) is 28.3 Å². The van der Waals surface area contributed by atoms with E-state index in [-0.39, 0.29) is 17.4 Å². The van der Waals surface area contributed by atoms with Crippen molar-refractivity contribution >= 4 is 46.9 Å². The van der Waals surface area contributed by atoms with Gasteiger partial charge in [-0.05, 0) is 90.0 Å². The van der Waals surface area contributed by atoms with Gasteiger partial charge in [-0.1, -0.05) is 60.7 Å². The Kier molecular flexibility index (Phi) is 10.6. The molecule has 0 fully saturated rings. The Morgan fingerprint density at radius 3 is 1.93 bits per heavy atom. The number of methoxy groups -OCH3 is 1. The molecule has 0 spiro atoms. The zero-order chi connectivity index (χ0) is 32.3. The molecule has 230 valence electrons. The van der Waals surface area contributed by atoms with Crippen molar-refractivity contribution < 1.29 is 23.5 Å². The fourth-order valence-corrected chi connectivity index (χ4v) is 5.43. The van der Waals surface area contributed by atoms with Crippen LogP contribution in [0.15, 0.2) is 144 Å². The quantitative estimate of drug-likeness (QED) is 0.103. The molecule has 1 atom stereocenters. The topological polar surface area (TPSA) is 96.5 Å². The van der Waals surface area contributed by atoms with Crippen molar-refractivity contribution in [2.45, 2.75) is 10.1 Å². The molecule has 0 heterocycles. The Labute approximate surface area is 270 Å². The molecule has 7 nitrogen and oxygen atoms in total. The summed E-state index contributed by atoms with van der Waals surface area (Å²) in [5.41, 5.74) is 2.94. The second-order valence-electron chi connectivity index (χ2n) is 10.0. The lowest BCUT2D eigenvalue weighted by Crippen LogP contribution is -2.30. The summed E-state index contributed by atoms with van der Waals surface area (Å²) in [6, 6.07) is 37.7. The molecule has 9 heteroatoms. The van der Waals surface area contributed by atoms with Crippen molar-refractivity contribution in [2.75, 3.05) is 17.7 Å². The molecule has 0 aromatic heterocycles. The van der Waals surface area contributed by atoms with Crippen molar-refractivity contribution in [1.29, 1.82) is 0 Å². The molecule has 5 aromatic rings. The second kappa shape index (κ2) is 15.4. The molecule has 0 bridgehead atoms. The first-order valence-electron chi connectivity index (χ1n) is 14.3. The van der Waals surface area contributed by atoms with Gasteiger partial charge in [-0.2, -0.15) is 0 Å². The highest BCUT2D eigenvalue weighted by Gasteiger charge is 2.22. The van der Waals surface area contributed by atoms with Crippen LogP contribution in [0, 0.1) is 5.82 Å². The van der Waals surface area contributed by atoms with Gasteiger partial charge in [-0.3, -0.25) is 14.4 Å². The molecule has 3 amide bonds. The highest BCUT2D eigenvalue weighted by atomic mass is 32.2. The van der Waals surface area contributed by atoms with Crippen LogP contribution in [0.2, 0.25) is 0 Å². The molecule has 46 heavy (non-hydrogen) atoms. The van der Waals surface area contributed by atoms with Crippen molar-refractivity contribution in [3.05, 3.63) is 162 Å². The summed E-state index contributed by atoms with van der Waals surface area (Å²) in [5, 5.41) is 7.84. The van der Waals surface area contributed by atoms with Crippen molar-refractivity contribution in [1.82, 2.24) is 5.32 Å². The van der Waals surface area contributed by atoms with Crippen LogP contribution in [0.5, 0.6) is 5.75 Å². The third kappa shape index (κ3) is 8.71. The third-order valence-corrected chi connectivity index (χ3v) is 8.04. The summed E-state index contributed by atoms with van der Waals surface area (Å²) in [7, 11) is 1.57. The number of halogens is 1. The molecular weight excluding hydrogens is 601 g/mol. The number of hydrogen-bond acceptors (Lipinski definition) is 5. The Balaban J connectivity index is 1.32. The molecule has 0 aliphatic carbocycles. The van der Waals surface area contributed by atoms with E-state index in [1.54, 1.807) is 92.0 Å². The van der Waals surface area contributed by atoms with Gasteiger partial charge in [0.25, 0.3) is 11.8 Å². The SMILES string of the molecule is COc1ccc(/C=C(\NC(=O)c2ccccc2)C(=O)Nc2ccc(SC(C(=O)Nc3ccc(F)cc3)c3ccccc3)cc2)cc1. The van der Waals surface area contributed by atoms with E-state index >= 15 is 0 Å². The zero-order valence-corrected chi connectivity index (χ0v) is 25.6. The molecule has 0 aliphatic rings. The van der Waals surface area contributed by atoms with Crippen LogP contribution >= 0.6 is 11.8 Å². The predicted octanol–water partition coefficient (Wildman–Crippen LogP) is 7.72. The number of hydrogen-bond donors (Lipinski definition) is 3. The van der Waals surface area contributed by atoms with Crippen LogP contribution in [-0.2, 0) is 9.59 Å². The summed E-state index contributed by atoms with van der Waals surface area (Å²) in [6.45, 7) is 0. The molecule has 0 aliphatic heterocycles. The Bertz CT molecular complexity index is 1810. The van der Waals surface area contributed by atoms with Gasteiger partial charge in [-0.25, -0.2) is 4.39 Å². The van der Waals surface area contributed by atoms with E-state index in [1.807, 2.05) is 30.3 Å². The maximum absolute atomic E-state index is 13.4. The van der Waals surface area contributed by atoms with Crippen molar-refractivity contribution in [2.24, 2.45) is 0 Å². The minimum Gasteiger partial charge on any atom is -0.497 e. The number of thioether (sulfide) groups is 1. The van der Waals surface area contributed by atoms with Crippen LogP contribution in [0.3, 0.4) is 0 Å². The average Bonchev–Trinajstić information content (AvgIpc) is 3.09. The van der Waals surface area contributed by atoms with Crippen LogP contribution in [0.25, 0.3) is 6.08 Å². The maximum Gasteiger partial charge on any atom is 0.272 e. The molecule has 0 radical (unpaired) electrons. The lowest BCUT2D eigenvalue weighted by Gasteiger charge is -2.17. The molecule has 1 unspecified atom stereocenters. The van der Waals surface area contributed by atoms with Crippen LogP contribution < -0.4 is 20.7 Å². The number of nitrogens with one attached hydrogen (secondary N) is 3. The van der Waals surface area contributed by atoms with E-state index in [1.165, 1.54) is 36.0 Å². The Morgan fingerprint density at radius 2 is 1.30 bits per heavy atom. The van der Waals surface area contributed by atoms with Crippen LogP contribution in [0.4, 0.5) is 15.8 Å². The minimum atomic E-state index is -0.598. The fraction of sp³-hybridized carbons (Fsp3) is 0.0541. The molecule has 5 rings (SSSR count). The molecule has 0 saturated carbocycles. The Morgan fingerprint density at radius 1 is 0.717 bits per heavy atom. The van der Waals surface area contributed by atoms with E-state index in [9.17, 15) is 18.8 Å². The van der Waals surface area contributed by atoms with Gasteiger partial charge in [0.1, 0.15) is 22.5 Å². The standard InChI is InChI=1S/C37H30FN3O4S/c1-45-31-20-12-25(13-21-31)24-33(41-35(42)27-10-6-3-7-11-27)36(43)39-30-18-22-32(23-19-30)46-34(26-8-4-2-5-9-26)37(44)40-29-16-14-28(38)15-17-29/h2-24,34H,1H3,(H,39,43)(H,40,44)(H,41,42)/b33-24-. The van der Waals surface area contributed by atoms with Gasteiger partial charge in [0.15, 0.2) is 0 Å². The van der Waals surface area contributed by atoms with Gasteiger partial charge < -0.3 is 20.7 Å². The monoisotopic (exact) mass is 631 g/mol. The lowest BCUT2D eigenvalue weighted by atomic mass is 10.1. The Hall–Kier alpha value is -5.67. The first-order valence-corrected chi connectivity index (χ1v) is 15.2. The highest BCUT2D eigenvalue weighted by Crippen LogP contribution is 2.36. The van der Waals surface area contributed by atoms with Crippen molar-refractivity contribution in [3.63, 3.8) is 0 Å². The molecule has 3 N–H and O–H groups in total. The lowest BCUT2D eigenvalue weighted by molar-refractivity contribution is -0.116. The van der Waals surface area contributed by atoms with E-state index in [0.717, 1.165) is 10.5 Å². The third-order valence-electron chi connectivity index (χ3n) is 6.77. The normalized spacial score (nSPS) is 11.7. The molecule has 0 saturated heterocycles. The first kappa shape index (κ1) is 31.7. The number of rotatable bonds is 11. The largest absolute Gasteiger partial charge is 0.497 e. The summed E-state index contributed by atoms with van der Waals surface area (Å²) in [6.07, 6.45) is 1.59. The number of carbonyl (C=O) groups is 3. The smallest absolute Gasteiger partial charge is 0.272 e. The first-order chi connectivity index (χ1) is 22.4. The summed E-state index contributed by atoms with van der Waals surface area (Å²) >= 11 is 1.34. The fourth-order valence-electron chi connectivity index (χ4n) is 4.40. The summed E-state index contributed by atoms with van der Waals surface area (Å²) < 4.78 is 18.6. The second-order valence-corrected chi connectivity index (χ2v) is 11.2. The zero-order valence-electron chi connectivity index (χ0n) is 24.8. The molecule has 5 aromatic carbocycles. The number of carbonyl (C=O) groups excluding carboxylic acids is 3. The summed E-state index contributed by atoms with van der Waals surface area (Å²) in [4.78, 5) is 40.5. The van der Waals surface area contributed by atoms with E-state index in [2.05, 4.69) is 16.0 Å². The van der Waals surface area contributed by atoms with Gasteiger partial charge in [0, 0.05) is 21.8 Å². The number of anilines is 2. The summed E-state index contributed by atoms with van der Waals surface area (Å²) in [5.74, 6) is -0.921. The van der Waals surface area contributed by atoms with Gasteiger partial charge in [-0.15, -0.1) is 11.8 Å². The van der Waals surface area contributed by atoms with Crippen molar-refractivity contribution in [3.8, 4) is 5.75 Å². The van der Waals surface area contributed by atoms with Gasteiger partial charge >= 0.3 is 0 Å². The number of amides is 3. The average molecular weight is 632 g/mol. The van der Waals surface area contributed by atoms with Gasteiger partial charge in [0.05, 0.1) is 7.11 Å². The van der Waals surface area contributed by atoms with Gasteiger partial charge in [0.2, 0.25) is 5.91 Å². The number of benzene rings is 5. The minimum absolute atomic E-state index is 0.0547. The predicted molar refractivity (Wildman–Crippen MR) is 180 cm³/mol. The van der Waals surface area contributed by atoms with Crippen LogP contribution in [0.1, 0.15) is 26.7 Å². The van der Waals surface area contributed by atoms with Crippen LogP contribution in [-0.4, -0.2) is 24.8 Å². The number of ether oxygens (including phenoxy) is 1.